The lowest BCUT2D eigenvalue weighted by Gasteiger charge is -2.08. The topological polar surface area (TPSA) is 47.6 Å². The van der Waals surface area contributed by atoms with E-state index in [0.29, 0.717) is 17.2 Å². The first kappa shape index (κ1) is 16.1. The van der Waals surface area contributed by atoms with Crippen molar-refractivity contribution in [3.05, 3.63) is 58.6 Å². The number of hydrogen-bond acceptors (Lipinski definition) is 3. The van der Waals surface area contributed by atoms with Crippen LogP contribution in [0.3, 0.4) is 0 Å². The van der Waals surface area contributed by atoms with Gasteiger partial charge >= 0.3 is 0 Å². The van der Waals surface area contributed by atoms with Gasteiger partial charge < -0.3 is 14.8 Å². The van der Waals surface area contributed by atoms with Crippen LogP contribution in [0.5, 0.6) is 11.5 Å². The number of amides is 1. The summed E-state index contributed by atoms with van der Waals surface area (Å²) >= 11 is 3.40. The standard InChI is InChI=1S/C17H16BrNO3/c1-21-15-9-8-13(18)11-12(15)7-10-17(20)19-14-5-3-4-6-16(14)22-2/h3-11H,1-2H3,(H,19,20)/b10-7+. The van der Waals surface area contributed by atoms with Crippen molar-refractivity contribution in [1.29, 1.82) is 0 Å². The zero-order valence-electron chi connectivity index (χ0n) is 12.3. The van der Waals surface area contributed by atoms with Gasteiger partial charge in [0, 0.05) is 16.1 Å². The largest absolute Gasteiger partial charge is 0.496 e. The van der Waals surface area contributed by atoms with E-state index in [1.54, 1.807) is 32.4 Å². The second kappa shape index (κ2) is 7.66. The van der Waals surface area contributed by atoms with Crippen molar-refractivity contribution in [3.8, 4) is 11.5 Å². The Morgan fingerprint density at radius 1 is 1.09 bits per heavy atom. The van der Waals surface area contributed by atoms with Gasteiger partial charge in [0.1, 0.15) is 11.5 Å². The number of ether oxygens (including phenoxy) is 2. The van der Waals surface area contributed by atoms with Crippen molar-refractivity contribution in [2.75, 3.05) is 19.5 Å². The Bertz CT molecular complexity index is 698. The molecule has 0 radical (unpaired) electrons. The third kappa shape index (κ3) is 4.11. The summed E-state index contributed by atoms with van der Waals surface area (Å²) in [7, 11) is 3.16. The monoisotopic (exact) mass is 361 g/mol. The van der Waals surface area contributed by atoms with Crippen LogP contribution in [0, 0.1) is 0 Å². The molecule has 114 valence electrons. The van der Waals surface area contributed by atoms with Gasteiger partial charge in [-0.05, 0) is 36.4 Å². The smallest absolute Gasteiger partial charge is 0.248 e. The molecule has 0 bridgehead atoms. The number of anilines is 1. The normalized spacial score (nSPS) is 10.5. The minimum absolute atomic E-state index is 0.244. The van der Waals surface area contributed by atoms with Crippen molar-refractivity contribution in [1.82, 2.24) is 0 Å². The number of benzene rings is 2. The van der Waals surface area contributed by atoms with Gasteiger partial charge in [0.05, 0.1) is 19.9 Å². The van der Waals surface area contributed by atoms with E-state index in [0.717, 1.165) is 10.0 Å². The highest BCUT2D eigenvalue weighted by molar-refractivity contribution is 9.10. The van der Waals surface area contributed by atoms with Crippen LogP contribution < -0.4 is 14.8 Å². The molecule has 0 fully saturated rings. The number of para-hydroxylation sites is 2. The third-order valence-corrected chi connectivity index (χ3v) is 3.46. The molecule has 2 rings (SSSR count). The molecule has 1 amide bonds. The molecule has 0 unspecified atom stereocenters. The molecule has 2 aromatic rings. The maximum absolute atomic E-state index is 12.0. The molecule has 0 aliphatic rings. The van der Waals surface area contributed by atoms with Gasteiger partial charge in [0.15, 0.2) is 0 Å². The van der Waals surface area contributed by atoms with E-state index in [4.69, 9.17) is 9.47 Å². The van der Waals surface area contributed by atoms with Crippen LogP contribution in [0.15, 0.2) is 53.0 Å². The van der Waals surface area contributed by atoms with Crippen LogP contribution in [-0.4, -0.2) is 20.1 Å². The van der Waals surface area contributed by atoms with E-state index < -0.39 is 0 Å². The number of hydrogen-bond donors (Lipinski definition) is 1. The van der Waals surface area contributed by atoms with Crippen LogP contribution in [0.2, 0.25) is 0 Å². The predicted octanol–water partition coefficient (Wildman–Crippen LogP) is 4.12. The van der Waals surface area contributed by atoms with E-state index in [-0.39, 0.29) is 5.91 Å². The number of halogens is 1. The molecule has 0 saturated carbocycles. The molecule has 0 aliphatic heterocycles. The highest BCUT2D eigenvalue weighted by Crippen LogP contribution is 2.25. The molecule has 5 heteroatoms. The van der Waals surface area contributed by atoms with Crippen molar-refractivity contribution in [2.45, 2.75) is 0 Å². The molecule has 0 aliphatic carbocycles. The quantitative estimate of drug-likeness (QED) is 0.814. The van der Waals surface area contributed by atoms with Crippen molar-refractivity contribution >= 4 is 33.6 Å². The second-order valence-corrected chi connectivity index (χ2v) is 5.32. The molecule has 1 N–H and O–H groups in total. The lowest BCUT2D eigenvalue weighted by Crippen LogP contribution is -2.08. The molecule has 0 spiro atoms. The van der Waals surface area contributed by atoms with Crippen LogP contribution in [-0.2, 0) is 4.79 Å². The zero-order chi connectivity index (χ0) is 15.9. The molecule has 4 nitrogen and oxygen atoms in total. The molecule has 0 heterocycles. The summed E-state index contributed by atoms with van der Waals surface area (Å²) in [6.45, 7) is 0. The van der Waals surface area contributed by atoms with Crippen LogP contribution in [0.4, 0.5) is 5.69 Å². The van der Waals surface area contributed by atoms with E-state index in [2.05, 4.69) is 21.2 Å². The van der Waals surface area contributed by atoms with Crippen molar-refractivity contribution in [2.24, 2.45) is 0 Å². The van der Waals surface area contributed by atoms with E-state index in [1.165, 1.54) is 6.08 Å². The summed E-state index contributed by atoms with van der Waals surface area (Å²) in [6, 6.07) is 12.8. The Hall–Kier alpha value is -2.27. The molecular weight excluding hydrogens is 346 g/mol. The molecule has 0 atom stereocenters. The Kier molecular flexibility index (Phi) is 5.61. The average molecular weight is 362 g/mol. The fourth-order valence-electron chi connectivity index (χ4n) is 1.92. The first-order chi connectivity index (χ1) is 10.6. The fourth-order valence-corrected chi connectivity index (χ4v) is 2.30. The highest BCUT2D eigenvalue weighted by atomic mass is 79.9. The number of methoxy groups -OCH3 is 2. The Morgan fingerprint density at radius 2 is 1.82 bits per heavy atom. The molecule has 2 aromatic carbocycles. The average Bonchev–Trinajstić information content (AvgIpc) is 2.53. The summed E-state index contributed by atoms with van der Waals surface area (Å²) in [5.74, 6) is 1.07. The summed E-state index contributed by atoms with van der Waals surface area (Å²) < 4.78 is 11.4. The van der Waals surface area contributed by atoms with Gasteiger partial charge in [-0.25, -0.2) is 0 Å². The lowest BCUT2D eigenvalue weighted by atomic mass is 10.2. The maximum Gasteiger partial charge on any atom is 0.248 e. The van der Waals surface area contributed by atoms with Crippen molar-refractivity contribution < 1.29 is 14.3 Å². The third-order valence-electron chi connectivity index (χ3n) is 2.97. The van der Waals surface area contributed by atoms with Gasteiger partial charge in [-0.2, -0.15) is 0 Å². The summed E-state index contributed by atoms with van der Waals surface area (Å²) in [5.41, 5.74) is 1.44. The highest BCUT2D eigenvalue weighted by Gasteiger charge is 2.05. The maximum atomic E-state index is 12.0. The van der Waals surface area contributed by atoms with Gasteiger partial charge in [0.25, 0.3) is 0 Å². The number of nitrogens with one attached hydrogen (secondary N) is 1. The van der Waals surface area contributed by atoms with Gasteiger partial charge in [0.2, 0.25) is 5.91 Å². The first-order valence-electron chi connectivity index (χ1n) is 6.59. The van der Waals surface area contributed by atoms with Gasteiger partial charge in [-0.3, -0.25) is 4.79 Å². The predicted molar refractivity (Wildman–Crippen MR) is 91.4 cm³/mol. The summed E-state index contributed by atoms with van der Waals surface area (Å²) in [6.07, 6.45) is 3.16. The van der Waals surface area contributed by atoms with Gasteiger partial charge in [-0.1, -0.05) is 28.1 Å². The fraction of sp³-hybridized carbons (Fsp3) is 0.118. The SMILES string of the molecule is COc1ccc(Br)cc1/C=C/C(=O)Nc1ccccc1OC. The number of carbonyl (C=O) groups excluding carboxylic acids is 1. The molecular formula is C17H16BrNO3. The zero-order valence-corrected chi connectivity index (χ0v) is 13.9. The number of rotatable bonds is 5. The Morgan fingerprint density at radius 3 is 2.55 bits per heavy atom. The minimum Gasteiger partial charge on any atom is -0.496 e. The second-order valence-electron chi connectivity index (χ2n) is 4.41. The molecule has 0 saturated heterocycles. The van der Waals surface area contributed by atoms with Crippen molar-refractivity contribution in [3.63, 3.8) is 0 Å². The first-order valence-corrected chi connectivity index (χ1v) is 7.39. The Labute approximate surface area is 137 Å². The number of carbonyl (C=O) groups is 1. The Balaban J connectivity index is 2.13. The van der Waals surface area contributed by atoms with Crippen LogP contribution in [0.25, 0.3) is 6.08 Å². The van der Waals surface area contributed by atoms with Crippen LogP contribution in [0.1, 0.15) is 5.56 Å². The van der Waals surface area contributed by atoms with Gasteiger partial charge in [-0.15, -0.1) is 0 Å². The van der Waals surface area contributed by atoms with E-state index >= 15 is 0 Å². The van der Waals surface area contributed by atoms with Crippen LogP contribution >= 0.6 is 15.9 Å². The molecule has 0 aromatic heterocycles. The lowest BCUT2D eigenvalue weighted by molar-refractivity contribution is -0.111. The summed E-state index contributed by atoms with van der Waals surface area (Å²) in [5, 5.41) is 2.78. The van der Waals surface area contributed by atoms with E-state index in [1.807, 2.05) is 30.3 Å². The minimum atomic E-state index is -0.244. The summed E-state index contributed by atoms with van der Waals surface area (Å²) in [4.78, 5) is 12.0. The molecule has 22 heavy (non-hydrogen) atoms. The van der Waals surface area contributed by atoms with E-state index in [9.17, 15) is 4.79 Å².